The van der Waals surface area contributed by atoms with E-state index in [4.69, 9.17) is 5.73 Å². The summed E-state index contributed by atoms with van der Waals surface area (Å²) in [7, 11) is 2.11. The number of amides is 1. The first-order valence-electron chi connectivity index (χ1n) is 4.15. The molecule has 1 aliphatic heterocycles. The van der Waals surface area contributed by atoms with Crippen molar-refractivity contribution in [3.05, 3.63) is 0 Å². The molecule has 0 radical (unpaired) electrons. The number of piperidine rings is 1. The van der Waals surface area contributed by atoms with Gasteiger partial charge in [-0.05, 0) is 38.9 Å². The van der Waals surface area contributed by atoms with E-state index in [0.29, 0.717) is 12.3 Å². The molecule has 1 saturated heterocycles. The predicted molar refractivity (Wildman–Crippen MR) is 58.5 cm³/mol. The zero-order chi connectivity index (χ0) is 8.27. The highest BCUT2D eigenvalue weighted by molar-refractivity contribution is 5.85. The van der Waals surface area contributed by atoms with Gasteiger partial charge in [0.25, 0.3) is 0 Å². The molecule has 13 heavy (non-hydrogen) atoms. The molecule has 0 spiro atoms. The summed E-state index contributed by atoms with van der Waals surface area (Å²) in [5.41, 5.74) is 5.11. The van der Waals surface area contributed by atoms with Crippen molar-refractivity contribution in [3.63, 3.8) is 0 Å². The van der Waals surface area contributed by atoms with E-state index in [2.05, 4.69) is 11.9 Å². The molecule has 1 amide bonds. The summed E-state index contributed by atoms with van der Waals surface area (Å²) in [5, 5.41) is 0. The largest absolute Gasteiger partial charge is 0.370 e. The molecule has 0 unspecified atom stereocenters. The molecule has 0 aromatic heterocycles. The van der Waals surface area contributed by atoms with Crippen molar-refractivity contribution in [1.82, 2.24) is 4.90 Å². The lowest BCUT2D eigenvalue weighted by Gasteiger charge is -2.27. The molecule has 0 aromatic rings. The Bertz CT molecular complexity index is 147. The van der Waals surface area contributed by atoms with E-state index < -0.39 is 0 Å². The molecule has 0 aromatic carbocycles. The van der Waals surface area contributed by atoms with Gasteiger partial charge in [-0.3, -0.25) is 4.79 Å². The zero-order valence-corrected chi connectivity index (χ0v) is 9.50. The average Bonchev–Trinajstić information content (AvgIpc) is 1.93. The highest BCUT2D eigenvalue weighted by Gasteiger charge is 2.17. The van der Waals surface area contributed by atoms with Crippen LogP contribution in [0.15, 0.2) is 0 Å². The smallest absolute Gasteiger partial charge is 0.217 e. The van der Waals surface area contributed by atoms with Crippen LogP contribution in [-0.2, 0) is 4.79 Å². The fraction of sp³-hybridized carbons (Fsp3) is 0.875. The molecular weight excluding hydrogens is 211 g/mol. The fourth-order valence-electron chi connectivity index (χ4n) is 1.55. The highest BCUT2D eigenvalue weighted by Crippen LogP contribution is 2.18. The molecule has 1 aliphatic rings. The van der Waals surface area contributed by atoms with E-state index in [1.165, 1.54) is 0 Å². The number of likely N-dealkylation sites (tertiary alicyclic amines) is 1. The summed E-state index contributed by atoms with van der Waals surface area (Å²) in [6.07, 6.45) is 2.83. The molecule has 0 bridgehead atoms. The number of nitrogens with zero attached hydrogens (tertiary/aromatic N) is 1. The normalized spacial score (nSPS) is 18.5. The van der Waals surface area contributed by atoms with E-state index >= 15 is 0 Å². The average molecular weight is 229 g/mol. The maximum Gasteiger partial charge on any atom is 0.217 e. The van der Waals surface area contributed by atoms with Gasteiger partial charge in [0.2, 0.25) is 5.91 Å². The van der Waals surface area contributed by atoms with Gasteiger partial charge in [0.15, 0.2) is 0 Å². The van der Waals surface area contributed by atoms with E-state index in [9.17, 15) is 4.79 Å². The summed E-state index contributed by atoms with van der Waals surface area (Å²) in [6.45, 7) is 2.22. The third-order valence-corrected chi connectivity index (χ3v) is 2.33. The minimum Gasteiger partial charge on any atom is -0.370 e. The van der Waals surface area contributed by atoms with Crippen LogP contribution in [0.1, 0.15) is 19.3 Å². The third-order valence-electron chi connectivity index (χ3n) is 2.33. The Labute approximate surface area is 91.9 Å². The van der Waals surface area contributed by atoms with Crippen molar-refractivity contribution in [2.45, 2.75) is 19.3 Å². The number of hydrogen-bond donors (Lipinski definition) is 1. The number of nitrogens with two attached hydrogens (primary N) is 1. The zero-order valence-electron chi connectivity index (χ0n) is 7.86. The van der Waals surface area contributed by atoms with Crippen LogP contribution in [0.25, 0.3) is 0 Å². The van der Waals surface area contributed by atoms with Gasteiger partial charge in [0.05, 0.1) is 0 Å². The summed E-state index contributed by atoms with van der Waals surface area (Å²) in [5.74, 6) is 0.392. The van der Waals surface area contributed by atoms with Crippen molar-refractivity contribution < 1.29 is 4.79 Å². The van der Waals surface area contributed by atoms with E-state index in [1.54, 1.807) is 0 Å². The minimum atomic E-state index is -0.153. The van der Waals surface area contributed by atoms with Crippen LogP contribution in [0, 0.1) is 5.92 Å². The van der Waals surface area contributed by atoms with Gasteiger partial charge in [-0.15, -0.1) is 24.8 Å². The number of rotatable bonds is 2. The molecule has 0 saturated carbocycles. The first-order chi connectivity index (χ1) is 5.18. The van der Waals surface area contributed by atoms with Crippen LogP contribution in [0.2, 0.25) is 0 Å². The molecule has 0 atom stereocenters. The molecular formula is C8H18Cl2N2O. The van der Waals surface area contributed by atoms with Crippen molar-refractivity contribution in [2.75, 3.05) is 20.1 Å². The Balaban J connectivity index is 0. The second-order valence-electron chi connectivity index (χ2n) is 3.42. The van der Waals surface area contributed by atoms with Crippen molar-refractivity contribution in [2.24, 2.45) is 11.7 Å². The molecule has 5 heteroatoms. The Kier molecular flexibility index (Phi) is 8.83. The lowest BCUT2D eigenvalue weighted by molar-refractivity contribution is -0.119. The Morgan fingerprint density at radius 1 is 1.38 bits per heavy atom. The van der Waals surface area contributed by atoms with Crippen LogP contribution in [-0.4, -0.2) is 30.9 Å². The number of hydrogen-bond acceptors (Lipinski definition) is 2. The number of carbonyl (C=O) groups excluding carboxylic acids is 1. The monoisotopic (exact) mass is 228 g/mol. The molecule has 1 rings (SSSR count). The predicted octanol–water partition coefficient (Wildman–Crippen LogP) is 1.05. The van der Waals surface area contributed by atoms with E-state index in [-0.39, 0.29) is 30.7 Å². The lowest BCUT2D eigenvalue weighted by Crippen LogP contribution is -2.32. The summed E-state index contributed by atoms with van der Waals surface area (Å²) < 4.78 is 0. The van der Waals surface area contributed by atoms with Crippen LogP contribution in [0.5, 0.6) is 0 Å². The van der Waals surface area contributed by atoms with E-state index in [0.717, 1.165) is 25.9 Å². The molecule has 0 aliphatic carbocycles. The third kappa shape index (κ3) is 6.13. The van der Waals surface area contributed by atoms with Crippen molar-refractivity contribution >= 4 is 30.7 Å². The Morgan fingerprint density at radius 2 is 1.85 bits per heavy atom. The van der Waals surface area contributed by atoms with Gasteiger partial charge in [-0.25, -0.2) is 0 Å². The van der Waals surface area contributed by atoms with Crippen LogP contribution < -0.4 is 5.73 Å². The van der Waals surface area contributed by atoms with Crippen molar-refractivity contribution in [3.8, 4) is 0 Å². The maximum absolute atomic E-state index is 10.6. The van der Waals surface area contributed by atoms with Crippen LogP contribution >= 0.6 is 24.8 Å². The number of carbonyl (C=O) groups is 1. The van der Waals surface area contributed by atoms with Gasteiger partial charge in [0.1, 0.15) is 0 Å². The van der Waals surface area contributed by atoms with Crippen LogP contribution in [0.3, 0.4) is 0 Å². The van der Waals surface area contributed by atoms with E-state index in [1.807, 2.05) is 0 Å². The lowest BCUT2D eigenvalue weighted by atomic mass is 9.94. The van der Waals surface area contributed by atoms with Gasteiger partial charge in [-0.2, -0.15) is 0 Å². The summed E-state index contributed by atoms with van der Waals surface area (Å²) in [6, 6.07) is 0. The fourth-order valence-corrected chi connectivity index (χ4v) is 1.55. The Hall–Kier alpha value is 0.01000. The van der Waals surface area contributed by atoms with Crippen molar-refractivity contribution in [1.29, 1.82) is 0 Å². The van der Waals surface area contributed by atoms with Gasteiger partial charge < -0.3 is 10.6 Å². The molecule has 80 valence electrons. The second-order valence-corrected chi connectivity index (χ2v) is 3.42. The van der Waals surface area contributed by atoms with Gasteiger partial charge in [-0.1, -0.05) is 0 Å². The summed E-state index contributed by atoms with van der Waals surface area (Å²) >= 11 is 0. The molecule has 1 heterocycles. The molecule has 2 N–H and O–H groups in total. The first-order valence-corrected chi connectivity index (χ1v) is 4.15. The quantitative estimate of drug-likeness (QED) is 0.769. The standard InChI is InChI=1S/C8H16N2O.2ClH/c1-10-4-2-7(3-5-10)6-8(9)11;;/h7H,2-6H2,1H3,(H2,9,11);2*1H. The highest BCUT2D eigenvalue weighted by atomic mass is 35.5. The van der Waals surface area contributed by atoms with Crippen LogP contribution in [0.4, 0.5) is 0 Å². The van der Waals surface area contributed by atoms with Gasteiger partial charge >= 0.3 is 0 Å². The van der Waals surface area contributed by atoms with Gasteiger partial charge in [0, 0.05) is 6.42 Å². The Morgan fingerprint density at radius 3 is 2.23 bits per heavy atom. The second kappa shape index (κ2) is 7.42. The first kappa shape index (κ1) is 15.5. The minimum absolute atomic E-state index is 0. The topological polar surface area (TPSA) is 46.3 Å². The SMILES string of the molecule is CN1CCC(CC(N)=O)CC1.Cl.Cl. The maximum atomic E-state index is 10.6. The number of primary amides is 1. The molecule has 1 fully saturated rings. The molecule has 3 nitrogen and oxygen atoms in total. The summed E-state index contributed by atoms with van der Waals surface area (Å²) in [4.78, 5) is 12.8. The number of halogens is 2.